The van der Waals surface area contributed by atoms with Crippen molar-refractivity contribution in [2.45, 2.75) is 6.92 Å². The highest BCUT2D eigenvalue weighted by atomic mass is 16.4. The molecular formula is C23H21N7O2. The molecule has 1 aliphatic heterocycles. The van der Waals surface area contributed by atoms with E-state index in [1.165, 1.54) is 0 Å². The van der Waals surface area contributed by atoms with E-state index in [2.05, 4.69) is 25.1 Å². The zero-order valence-corrected chi connectivity index (χ0v) is 17.5. The average Bonchev–Trinajstić information content (AvgIpc) is 3.35. The van der Waals surface area contributed by atoms with E-state index in [0.29, 0.717) is 55.0 Å². The Bertz CT molecular complexity index is 1220. The van der Waals surface area contributed by atoms with Crippen LogP contribution in [0.5, 0.6) is 0 Å². The molecule has 0 spiro atoms. The smallest absolute Gasteiger partial charge is 0.272 e. The van der Waals surface area contributed by atoms with E-state index in [-0.39, 0.29) is 5.91 Å². The number of hydrogen-bond donors (Lipinski definition) is 0. The zero-order chi connectivity index (χ0) is 21.9. The van der Waals surface area contributed by atoms with E-state index in [4.69, 9.17) is 9.40 Å². The monoisotopic (exact) mass is 427 g/mol. The number of hydrogen-bond acceptors (Lipinski definition) is 8. The van der Waals surface area contributed by atoms with Gasteiger partial charge >= 0.3 is 0 Å². The first-order valence-corrected chi connectivity index (χ1v) is 10.4. The molecule has 4 heterocycles. The standard InChI is InChI=1S/C23H21N7O2/c1-16-20(22-28-27-21(32-22)17-7-3-2-4-8-17)26-19(15-25-16)29-11-13-30(14-12-29)23(31)18-9-5-6-10-24-18/h2-10,15H,11-14H2,1H3. The molecule has 32 heavy (non-hydrogen) atoms. The van der Waals surface area contributed by atoms with Crippen molar-refractivity contribution in [2.75, 3.05) is 31.1 Å². The van der Waals surface area contributed by atoms with Gasteiger partial charge in [-0.1, -0.05) is 24.3 Å². The van der Waals surface area contributed by atoms with Crippen LogP contribution in [0.2, 0.25) is 0 Å². The maximum absolute atomic E-state index is 12.6. The van der Waals surface area contributed by atoms with Crippen molar-refractivity contribution in [3.8, 4) is 23.0 Å². The van der Waals surface area contributed by atoms with Gasteiger partial charge in [-0.2, -0.15) is 0 Å². The number of amides is 1. The summed E-state index contributed by atoms with van der Waals surface area (Å²) in [5.74, 6) is 1.43. The first-order chi connectivity index (χ1) is 15.7. The summed E-state index contributed by atoms with van der Waals surface area (Å²) in [6, 6.07) is 15.0. The molecule has 1 aromatic carbocycles. The van der Waals surface area contributed by atoms with Crippen molar-refractivity contribution in [2.24, 2.45) is 0 Å². The molecule has 0 radical (unpaired) electrons. The van der Waals surface area contributed by atoms with Crippen molar-refractivity contribution in [3.05, 3.63) is 72.3 Å². The summed E-state index contributed by atoms with van der Waals surface area (Å²) in [6.07, 6.45) is 3.37. The Balaban J connectivity index is 1.32. The lowest BCUT2D eigenvalue weighted by atomic mass is 10.2. The van der Waals surface area contributed by atoms with Crippen molar-refractivity contribution in [3.63, 3.8) is 0 Å². The molecule has 0 unspecified atom stereocenters. The minimum atomic E-state index is -0.0553. The number of aryl methyl sites for hydroxylation is 1. The predicted octanol–water partition coefficient (Wildman–Crippen LogP) is 2.86. The second-order valence-corrected chi connectivity index (χ2v) is 7.43. The number of nitrogens with zero attached hydrogens (tertiary/aromatic N) is 7. The largest absolute Gasteiger partial charge is 0.415 e. The molecule has 0 atom stereocenters. The van der Waals surface area contributed by atoms with Crippen LogP contribution in [0.3, 0.4) is 0 Å². The molecule has 9 nitrogen and oxygen atoms in total. The van der Waals surface area contributed by atoms with Crippen LogP contribution in [0, 0.1) is 6.92 Å². The van der Waals surface area contributed by atoms with Gasteiger partial charge in [-0.3, -0.25) is 14.8 Å². The SMILES string of the molecule is Cc1ncc(N2CCN(C(=O)c3ccccn3)CC2)nc1-c1nnc(-c2ccccc2)o1. The number of benzene rings is 1. The maximum atomic E-state index is 12.6. The van der Waals surface area contributed by atoms with Crippen LogP contribution in [0.1, 0.15) is 16.2 Å². The number of carbonyl (C=O) groups is 1. The average molecular weight is 427 g/mol. The highest BCUT2D eigenvalue weighted by molar-refractivity contribution is 5.92. The van der Waals surface area contributed by atoms with Crippen LogP contribution in [-0.4, -0.2) is 62.1 Å². The van der Waals surface area contributed by atoms with Crippen LogP contribution in [0.15, 0.2) is 65.3 Å². The Hall–Kier alpha value is -4.14. The van der Waals surface area contributed by atoms with E-state index < -0.39 is 0 Å². The fraction of sp³-hybridized carbons (Fsp3) is 0.217. The van der Waals surface area contributed by atoms with Crippen LogP contribution in [-0.2, 0) is 0 Å². The first kappa shape index (κ1) is 19.8. The van der Waals surface area contributed by atoms with Gasteiger partial charge in [0, 0.05) is 37.9 Å². The Morgan fingerprint density at radius 2 is 1.66 bits per heavy atom. The molecule has 0 aliphatic carbocycles. The number of carbonyl (C=O) groups excluding carboxylic acids is 1. The van der Waals surface area contributed by atoms with Crippen molar-refractivity contribution < 1.29 is 9.21 Å². The van der Waals surface area contributed by atoms with Gasteiger partial charge < -0.3 is 14.2 Å². The molecule has 3 aromatic heterocycles. The molecular weight excluding hydrogens is 406 g/mol. The van der Waals surface area contributed by atoms with Crippen molar-refractivity contribution in [1.29, 1.82) is 0 Å². The van der Waals surface area contributed by atoms with Gasteiger partial charge in [0.1, 0.15) is 11.5 Å². The molecule has 1 aliphatic rings. The minimum Gasteiger partial charge on any atom is -0.415 e. The normalized spacial score (nSPS) is 13.9. The van der Waals surface area contributed by atoms with Crippen LogP contribution in [0.25, 0.3) is 23.0 Å². The molecule has 1 fully saturated rings. The number of anilines is 1. The van der Waals surface area contributed by atoms with Gasteiger partial charge in [-0.25, -0.2) is 4.98 Å². The number of aromatic nitrogens is 5. The molecule has 1 saturated heterocycles. The lowest BCUT2D eigenvalue weighted by Gasteiger charge is -2.35. The van der Waals surface area contributed by atoms with Gasteiger partial charge in [-0.05, 0) is 31.2 Å². The summed E-state index contributed by atoms with van der Waals surface area (Å²) < 4.78 is 5.87. The molecule has 0 N–H and O–H groups in total. The molecule has 5 rings (SSSR count). The second-order valence-electron chi connectivity index (χ2n) is 7.43. The van der Waals surface area contributed by atoms with Crippen molar-refractivity contribution in [1.82, 2.24) is 30.0 Å². The topological polar surface area (TPSA) is 101 Å². The molecule has 0 saturated carbocycles. The number of piperazine rings is 1. The Labute approximate surface area is 184 Å². The summed E-state index contributed by atoms with van der Waals surface area (Å²) in [7, 11) is 0. The third-order valence-corrected chi connectivity index (χ3v) is 5.37. The van der Waals surface area contributed by atoms with E-state index >= 15 is 0 Å². The van der Waals surface area contributed by atoms with E-state index in [0.717, 1.165) is 11.4 Å². The first-order valence-electron chi connectivity index (χ1n) is 10.4. The Morgan fingerprint density at radius 3 is 2.41 bits per heavy atom. The second kappa shape index (κ2) is 8.54. The Morgan fingerprint density at radius 1 is 0.906 bits per heavy atom. The third-order valence-electron chi connectivity index (χ3n) is 5.37. The van der Waals surface area contributed by atoms with Gasteiger partial charge in [0.2, 0.25) is 5.89 Å². The zero-order valence-electron chi connectivity index (χ0n) is 17.5. The van der Waals surface area contributed by atoms with Gasteiger partial charge in [-0.15, -0.1) is 10.2 Å². The van der Waals surface area contributed by atoms with E-state index in [1.807, 2.05) is 48.2 Å². The summed E-state index contributed by atoms with van der Waals surface area (Å²) in [5.41, 5.74) is 2.58. The van der Waals surface area contributed by atoms with Gasteiger partial charge in [0.15, 0.2) is 5.69 Å². The minimum absolute atomic E-state index is 0.0553. The van der Waals surface area contributed by atoms with Crippen LogP contribution < -0.4 is 4.90 Å². The van der Waals surface area contributed by atoms with Gasteiger partial charge in [0.05, 0.1) is 11.9 Å². The van der Waals surface area contributed by atoms with Gasteiger partial charge in [0.25, 0.3) is 11.8 Å². The third kappa shape index (κ3) is 3.92. The lowest BCUT2D eigenvalue weighted by Crippen LogP contribution is -2.49. The molecule has 4 aromatic rings. The van der Waals surface area contributed by atoms with Crippen LogP contribution in [0.4, 0.5) is 5.82 Å². The maximum Gasteiger partial charge on any atom is 0.272 e. The van der Waals surface area contributed by atoms with E-state index in [9.17, 15) is 4.79 Å². The summed E-state index contributed by atoms with van der Waals surface area (Å²) in [5, 5.41) is 8.34. The summed E-state index contributed by atoms with van der Waals surface area (Å²) >= 11 is 0. The molecule has 9 heteroatoms. The van der Waals surface area contributed by atoms with Crippen molar-refractivity contribution >= 4 is 11.7 Å². The molecule has 1 amide bonds. The summed E-state index contributed by atoms with van der Waals surface area (Å²) in [4.78, 5) is 30.0. The molecule has 0 bridgehead atoms. The predicted molar refractivity (Wildman–Crippen MR) is 118 cm³/mol. The lowest BCUT2D eigenvalue weighted by molar-refractivity contribution is 0.0740. The quantitative estimate of drug-likeness (QED) is 0.490. The number of rotatable bonds is 4. The fourth-order valence-corrected chi connectivity index (χ4v) is 3.60. The van der Waals surface area contributed by atoms with E-state index in [1.54, 1.807) is 24.5 Å². The number of pyridine rings is 1. The van der Waals surface area contributed by atoms with Crippen LogP contribution >= 0.6 is 0 Å². The molecule has 160 valence electrons. The fourth-order valence-electron chi connectivity index (χ4n) is 3.60. The highest BCUT2D eigenvalue weighted by Gasteiger charge is 2.25. The Kier molecular flexibility index (Phi) is 5.29. The highest BCUT2D eigenvalue weighted by Crippen LogP contribution is 2.26. The summed E-state index contributed by atoms with van der Waals surface area (Å²) in [6.45, 7) is 4.32.